The Labute approximate surface area is 123 Å². The molecule has 0 radical (unpaired) electrons. The maximum Gasteiger partial charge on any atom is 0.339 e. The molecule has 1 aliphatic heterocycles. The van der Waals surface area contributed by atoms with Crippen molar-refractivity contribution in [3.63, 3.8) is 0 Å². The van der Waals surface area contributed by atoms with Crippen molar-refractivity contribution >= 4 is 22.7 Å². The van der Waals surface area contributed by atoms with Gasteiger partial charge in [-0.25, -0.2) is 9.78 Å². The molecule has 2 aromatic heterocycles. The number of hydrogen-bond acceptors (Lipinski definition) is 4. The zero-order valence-corrected chi connectivity index (χ0v) is 12.6. The summed E-state index contributed by atoms with van der Waals surface area (Å²) in [6.07, 6.45) is 4.26. The second-order valence-corrected chi connectivity index (χ2v) is 6.07. The predicted octanol–water partition coefficient (Wildman–Crippen LogP) is 2.15. The Kier molecular flexibility index (Phi) is 3.31. The first kappa shape index (κ1) is 13.9. The predicted molar refractivity (Wildman–Crippen MR) is 80.6 cm³/mol. The summed E-state index contributed by atoms with van der Waals surface area (Å²) >= 11 is 0. The van der Waals surface area contributed by atoms with Crippen molar-refractivity contribution in [2.24, 2.45) is 18.9 Å². The van der Waals surface area contributed by atoms with Crippen molar-refractivity contribution in [3.8, 4) is 0 Å². The zero-order valence-electron chi connectivity index (χ0n) is 12.6. The molecule has 0 saturated carbocycles. The molecule has 0 bridgehead atoms. The number of rotatable bonds is 3. The molecule has 0 aliphatic carbocycles. The Morgan fingerprint density at radius 1 is 1.43 bits per heavy atom. The summed E-state index contributed by atoms with van der Waals surface area (Å²) < 4.78 is 1.68. The number of aromatic nitrogens is 3. The van der Waals surface area contributed by atoms with Gasteiger partial charge in [-0.2, -0.15) is 5.10 Å². The van der Waals surface area contributed by atoms with Gasteiger partial charge in [-0.3, -0.25) is 4.68 Å². The molecule has 0 spiro atoms. The number of carboxylic acids is 1. The van der Waals surface area contributed by atoms with E-state index in [-0.39, 0.29) is 5.56 Å². The highest BCUT2D eigenvalue weighted by Crippen LogP contribution is 2.35. The van der Waals surface area contributed by atoms with Crippen molar-refractivity contribution in [2.75, 3.05) is 18.0 Å². The first-order chi connectivity index (χ1) is 9.99. The van der Waals surface area contributed by atoms with Gasteiger partial charge in [0.05, 0.1) is 17.3 Å². The van der Waals surface area contributed by atoms with Gasteiger partial charge in [0.15, 0.2) is 5.65 Å². The van der Waals surface area contributed by atoms with E-state index in [2.05, 4.69) is 28.8 Å². The third-order valence-electron chi connectivity index (χ3n) is 4.45. The van der Waals surface area contributed by atoms with Gasteiger partial charge in [-0.15, -0.1) is 0 Å². The summed E-state index contributed by atoms with van der Waals surface area (Å²) in [5.74, 6) is 0.275. The van der Waals surface area contributed by atoms with Crippen LogP contribution in [0.1, 0.15) is 30.6 Å². The number of fused-ring (bicyclic) bond motifs is 1. The first-order valence-corrected chi connectivity index (χ1v) is 7.28. The molecule has 21 heavy (non-hydrogen) atoms. The highest BCUT2D eigenvalue weighted by molar-refractivity contribution is 6.03. The Balaban J connectivity index is 2.11. The average Bonchev–Trinajstić information content (AvgIpc) is 3.05. The second kappa shape index (κ2) is 5.02. The van der Waals surface area contributed by atoms with Gasteiger partial charge in [0, 0.05) is 26.3 Å². The highest BCUT2D eigenvalue weighted by Gasteiger charge is 2.29. The number of carbonyl (C=O) groups is 1. The van der Waals surface area contributed by atoms with E-state index in [1.807, 2.05) is 7.05 Å². The van der Waals surface area contributed by atoms with E-state index in [0.717, 1.165) is 36.2 Å². The van der Waals surface area contributed by atoms with Crippen LogP contribution in [0.15, 0.2) is 12.4 Å². The molecular formula is C15H20N4O2. The van der Waals surface area contributed by atoms with Gasteiger partial charge >= 0.3 is 5.97 Å². The smallest absolute Gasteiger partial charge is 0.339 e. The number of aryl methyl sites for hydroxylation is 1. The molecule has 3 rings (SSSR count). The van der Waals surface area contributed by atoms with Crippen LogP contribution in [0.4, 0.5) is 5.69 Å². The molecule has 6 heteroatoms. The summed E-state index contributed by atoms with van der Waals surface area (Å²) in [4.78, 5) is 18.0. The standard InChI is InChI=1S/C15H20N4O2/c1-9(2)10-4-5-19(8-10)13-11-7-17-18(3)14(11)16-6-12(13)15(20)21/h6-7,9-10H,4-5,8H2,1-3H3,(H,20,21). The van der Waals surface area contributed by atoms with Gasteiger partial charge in [0.1, 0.15) is 5.56 Å². The SMILES string of the molecule is CC(C)C1CCN(c2c(C(=O)O)cnc3c2cnn3C)C1. The molecule has 2 aromatic rings. The molecule has 1 saturated heterocycles. The fourth-order valence-electron chi connectivity index (χ4n) is 3.11. The molecule has 1 unspecified atom stereocenters. The summed E-state index contributed by atoms with van der Waals surface area (Å²) in [5, 5.41) is 14.5. The van der Waals surface area contributed by atoms with E-state index in [4.69, 9.17) is 0 Å². The van der Waals surface area contributed by atoms with E-state index < -0.39 is 5.97 Å². The fourth-order valence-corrected chi connectivity index (χ4v) is 3.11. The number of anilines is 1. The maximum absolute atomic E-state index is 11.6. The van der Waals surface area contributed by atoms with Crippen molar-refractivity contribution < 1.29 is 9.90 Å². The molecule has 1 aliphatic rings. The first-order valence-electron chi connectivity index (χ1n) is 7.28. The summed E-state index contributed by atoms with van der Waals surface area (Å²) in [7, 11) is 1.82. The lowest BCUT2D eigenvalue weighted by molar-refractivity contribution is 0.0697. The van der Waals surface area contributed by atoms with Crippen LogP contribution >= 0.6 is 0 Å². The Bertz CT molecular complexity index is 692. The lowest BCUT2D eigenvalue weighted by Gasteiger charge is -2.22. The minimum absolute atomic E-state index is 0.264. The lowest BCUT2D eigenvalue weighted by atomic mass is 9.95. The molecule has 0 amide bonds. The molecule has 6 nitrogen and oxygen atoms in total. The van der Waals surface area contributed by atoms with Crippen molar-refractivity contribution in [1.29, 1.82) is 0 Å². The molecule has 0 aromatic carbocycles. The Hall–Kier alpha value is -2.11. The number of carboxylic acid groups (broad SMARTS) is 1. The van der Waals surface area contributed by atoms with Gasteiger partial charge in [-0.05, 0) is 18.3 Å². The quantitative estimate of drug-likeness (QED) is 0.937. The third-order valence-corrected chi connectivity index (χ3v) is 4.45. The van der Waals surface area contributed by atoms with Gasteiger partial charge in [-0.1, -0.05) is 13.8 Å². The van der Waals surface area contributed by atoms with Crippen molar-refractivity contribution in [3.05, 3.63) is 18.0 Å². The number of aromatic carboxylic acids is 1. The van der Waals surface area contributed by atoms with Crippen LogP contribution < -0.4 is 4.90 Å². The molecule has 1 N–H and O–H groups in total. The van der Waals surface area contributed by atoms with E-state index >= 15 is 0 Å². The monoisotopic (exact) mass is 288 g/mol. The normalized spacial score (nSPS) is 18.9. The van der Waals surface area contributed by atoms with E-state index in [0.29, 0.717) is 11.8 Å². The topological polar surface area (TPSA) is 71.2 Å². The van der Waals surface area contributed by atoms with Gasteiger partial charge in [0.25, 0.3) is 0 Å². The minimum Gasteiger partial charge on any atom is -0.478 e. The number of hydrogen-bond donors (Lipinski definition) is 1. The third kappa shape index (κ3) is 2.24. The van der Waals surface area contributed by atoms with Gasteiger partial charge < -0.3 is 10.0 Å². The van der Waals surface area contributed by atoms with Crippen LogP contribution in [0.5, 0.6) is 0 Å². The molecule has 1 fully saturated rings. The molecule has 3 heterocycles. The minimum atomic E-state index is -0.934. The Morgan fingerprint density at radius 3 is 2.81 bits per heavy atom. The van der Waals surface area contributed by atoms with Crippen LogP contribution in [-0.4, -0.2) is 38.9 Å². The summed E-state index contributed by atoms with van der Waals surface area (Å²) in [6, 6.07) is 0. The average molecular weight is 288 g/mol. The molecule has 1 atom stereocenters. The van der Waals surface area contributed by atoms with Crippen LogP contribution in [0.2, 0.25) is 0 Å². The van der Waals surface area contributed by atoms with E-state index in [1.54, 1.807) is 10.9 Å². The van der Waals surface area contributed by atoms with Crippen LogP contribution in [0.3, 0.4) is 0 Å². The van der Waals surface area contributed by atoms with E-state index in [9.17, 15) is 9.90 Å². The number of nitrogens with zero attached hydrogens (tertiary/aromatic N) is 4. The van der Waals surface area contributed by atoms with Crippen LogP contribution in [0.25, 0.3) is 11.0 Å². The summed E-state index contributed by atoms with van der Waals surface area (Å²) in [5.41, 5.74) is 1.76. The summed E-state index contributed by atoms with van der Waals surface area (Å²) in [6.45, 7) is 6.22. The zero-order chi connectivity index (χ0) is 15.1. The van der Waals surface area contributed by atoms with Crippen molar-refractivity contribution in [2.45, 2.75) is 20.3 Å². The largest absolute Gasteiger partial charge is 0.478 e. The highest BCUT2D eigenvalue weighted by atomic mass is 16.4. The van der Waals surface area contributed by atoms with Crippen LogP contribution in [0, 0.1) is 11.8 Å². The molecule has 112 valence electrons. The maximum atomic E-state index is 11.6. The van der Waals surface area contributed by atoms with Crippen molar-refractivity contribution in [1.82, 2.24) is 14.8 Å². The van der Waals surface area contributed by atoms with Crippen LogP contribution in [-0.2, 0) is 7.05 Å². The number of pyridine rings is 1. The lowest BCUT2D eigenvalue weighted by Crippen LogP contribution is -2.24. The Morgan fingerprint density at radius 2 is 2.19 bits per heavy atom. The van der Waals surface area contributed by atoms with E-state index in [1.165, 1.54) is 6.20 Å². The second-order valence-electron chi connectivity index (χ2n) is 6.07. The van der Waals surface area contributed by atoms with Gasteiger partial charge in [0.2, 0.25) is 0 Å². The molecular weight excluding hydrogens is 268 g/mol. The fraction of sp³-hybridized carbons (Fsp3) is 0.533.